The van der Waals surface area contributed by atoms with E-state index in [4.69, 9.17) is 4.74 Å². The standard InChI is InChI=1S/C28H36N4OS/c1-5-7-9-11-17-32(18-12-10-8-6-2)26-16-14-23(34-26)13-15-25-24(21-31)27(22(19-29)20-30)33-28(25,3)4/h13-16H,5-12,17-18H2,1-4H3/b15-13+. The Balaban J connectivity index is 2.24. The number of rotatable bonds is 13. The number of hydrogen-bond acceptors (Lipinski definition) is 6. The van der Waals surface area contributed by atoms with Gasteiger partial charge in [-0.3, -0.25) is 0 Å². The molecule has 0 N–H and O–H groups in total. The lowest BCUT2D eigenvalue weighted by Crippen LogP contribution is -2.24. The third-order valence-electron chi connectivity index (χ3n) is 5.97. The van der Waals surface area contributed by atoms with Gasteiger partial charge in [-0.1, -0.05) is 58.4 Å². The molecule has 180 valence electrons. The molecule has 2 rings (SSSR count). The maximum atomic E-state index is 9.72. The maximum Gasteiger partial charge on any atom is 0.172 e. The van der Waals surface area contributed by atoms with Crippen LogP contribution in [0.15, 0.2) is 40.7 Å². The second-order valence-electron chi connectivity index (χ2n) is 9.06. The Hall–Kier alpha value is -3.01. The van der Waals surface area contributed by atoms with Gasteiger partial charge in [0.2, 0.25) is 0 Å². The summed E-state index contributed by atoms with van der Waals surface area (Å²) in [4.78, 5) is 3.61. The first-order valence-electron chi connectivity index (χ1n) is 12.3. The molecule has 0 aromatic carbocycles. The van der Waals surface area contributed by atoms with E-state index in [-0.39, 0.29) is 16.9 Å². The molecule has 0 radical (unpaired) electrons. The van der Waals surface area contributed by atoms with E-state index in [0.717, 1.165) is 18.0 Å². The van der Waals surface area contributed by atoms with Crippen LogP contribution in [-0.2, 0) is 4.74 Å². The van der Waals surface area contributed by atoms with E-state index in [1.54, 1.807) is 11.3 Å². The van der Waals surface area contributed by atoms with Crippen LogP contribution in [-0.4, -0.2) is 18.7 Å². The third-order valence-corrected chi connectivity index (χ3v) is 7.08. The summed E-state index contributed by atoms with van der Waals surface area (Å²) in [6.07, 6.45) is 13.9. The second-order valence-corrected chi connectivity index (χ2v) is 10.2. The molecule has 1 aromatic heterocycles. The van der Waals surface area contributed by atoms with Gasteiger partial charge < -0.3 is 9.64 Å². The minimum Gasteiger partial charge on any atom is -0.480 e. The van der Waals surface area contributed by atoms with Gasteiger partial charge in [-0.15, -0.1) is 11.3 Å². The summed E-state index contributed by atoms with van der Waals surface area (Å²) < 4.78 is 5.85. The van der Waals surface area contributed by atoms with Crippen LogP contribution in [0.1, 0.15) is 83.9 Å². The van der Waals surface area contributed by atoms with Crippen molar-refractivity contribution in [2.45, 2.75) is 84.7 Å². The molecule has 0 saturated carbocycles. The number of unbranched alkanes of at least 4 members (excludes halogenated alkanes) is 6. The maximum absolute atomic E-state index is 9.72. The van der Waals surface area contributed by atoms with Gasteiger partial charge in [0.1, 0.15) is 29.4 Å². The summed E-state index contributed by atoms with van der Waals surface area (Å²) in [5.74, 6) is 0.0781. The highest BCUT2D eigenvalue weighted by atomic mass is 32.1. The SMILES string of the molecule is CCCCCCN(CCCCCC)c1ccc(/C=C/C2=C(C#N)C(=C(C#N)C#N)OC2(C)C)s1. The highest BCUT2D eigenvalue weighted by molar-refractivity contribution is 7.16. The van der Waals surface area contributed by atoms with E-state index < -0.39 is 5.60 Å². The highest BCUT2D eigenvalue weighted by Gasteiger charge is 2.38. The number of anilines is 1. The van der Waals surface area contributed by atoms with Crippen LogP contribution in [0.2, 0.25) is 0 Å². The van der Waals surface area contributed by atoms with Crippen molar-refractivity contribution in [3.63, 3.8) is 0 Å². The Bertz CT molecular complexity index is 1010. The number of nitriles is 3. The Labute approximate surface area is 209 Å². The first kappa shape index (κ1) is 27.2. The van der Waals surface area contributed by atoms with Crippen molar-refractivity contribution in [1.29, 1.82) is 15.8 Å². The number of hydrogen-bond donors (Lipinski definition) is 0. The lowest BCUT2D eigenvalue weighted by molar-refractivity contribution is 0.0954. The van der Waals surface area contributed by atoms with Gasteiger partial charge in [0.15, 0.2) is 11.3 Å². The largest absolute Gasteiger partial charge is 0.480 e. The van der Waals surface area contributed by atoms with Gasteiger partial charge in [-0.2, -0.15) is 15.8 Å². The van der Waals surface area contributed by atoms with Crippen molar-refractivity contribution in [2.24, 2.45) is 0 Å². The zero-order valence-electron chi connectivity index (χ0n) is 21.0. The van der Waals surface area contributed by atoms with Crippen LogP contribution < -0.4 is 4.90 Å². The van der Waals surface area contributed by atoms with Gasteiger partial charge in [0.25, 0.3) is 0 Å². The van der Waals surface area contributed by atoms with Crippen LogP contribution in [0.5, 0.6) is 0 Å². The number of allylic oxidation sites excluding steroid dienone is 2. The molecule has 1 aromatic rings. The van der Waals surface area contributed by atoms with Crippen molar-refractivity contribution in [2.75, 3.05) is 18.0 Å². The molecule has 0 saturated heterocycles. The number of ether oxygens (including phenoxy) is 1. The molecule has 0 spiro atoms. The summed E-state index contributed by atoms with van der Waals surface area (Å²) >= 11 is 1.75. The minimum atomic E-state index is -0.791. The summed E-state index contributed by atoms with van der Waals surface area (Å²) in [6, 6.07) is 10.1. The van der Waals surface area contributed by atoms with Gasteiger partial charge in [-0.05, 0) is 44.9 Å². The Morgan fingerprint density at radius 3 is 2.09 bits per heavy atom. The molecule has 0 atom stereocenters. The van der Waals surface area contributed by atoms with Crippen molar-refractivity contribution >= 4 is 22.4 Å². The van der Waals surface area contributed by atoms with Crippen molar-refractivity contribution in [3.05, 3.63) is 45.6 Å². The van der Waals surface area contributed by atoms with Crippen LogP contribution in [0.4, 0.5) is 5.00 Å². The zero-order chi connectivity index (χ0) is 25.0. The molecule has 0 bridgehead atoms. The lowest BCUT2D eigenvalue weighted by atomic mass is 9.94. The number of thiophene rings is 1. The van der Waals surface area contributed by atoms with E-state index >= 15 is 0 Å². The molecule has 34 heavy (non-hydrogen) atoms. The van der Waals surface area contributed by atoms with Crippen LogP contribution in [0.25, 0.3) is 6.08 Å². The molecule has 2 heterocycles. The monoisotopic (exact) mass is 476 g/mol. The topological polar surface area (TPSA) is 83.8 Å². The zero-order valence-corrected chi connectivity index (χ0v) is 21.8. The predicted molar refractivity (Wildman–Crippen MR) is 140 cm³/mol. The van der Waals surface area contributed by atoms with Crippen molar-refractivity contribution < 1.29 is 4.74 Å². The summed E-state index contributed by atoms with van der Waals surface area (Å²) in [6.45, 7) is 10.3. The van der Waals surface area contributed by atoms with E-state index in [1.165, 1.54) is 56.4 Å². The minimum absolute atomic E-state index is 0.0781. The van der Waals surface area contributed by atoms with Crippen LogP contribution >= 0.6 is 11.3 Å². The first-order chi connectivity index (χ1) is 16.4. The van der Waals surface area contributed by atoms with Gasteiger partial charge >= 0.3 is 0 Å². The van der Waals surface area contributed by atoms with E-state index in [9.17, 15) is 15.8 Å². The predicted octanol–water partition coefficient (Wildman–Crippen LogP) is 7.66. The fourth-order valence-electron chi connectivity index (χ4n) is 4.04. The third kappa shape index (κ3) is 7.24. The quantitative estimate of drug-likeness (QED) is 0.215. The van der Waals surface area contributed by atoms with Crippen LogP contribution in [0.3, 0.4) is 0 Å². The molecular weight excluding hydrogens is 440 g/mol. The molecule has 1 aliphatic heterocycles. The smallest absolute Gasteiger partial charge is 0.172 e. The molecule has 0 amide bonds. The van der Waals surface area contributed by atoms with Crippen molar-refractivity contribution in [1.82, 2.24) is 0 Å². The average molecular weight is 477 g/mol. The Morgan fingerprint density at radius 1 is 0.941 bits per heavy atom. The Morgan fingerprint density at radius 2 is 1.56 bits per heavy atom. The van der Waals surface area contributed by atoms with E-state index in [1.807, 2.05) is 38.1 Å². The van der Waals surface area contributed by atoms with E-state index in [2.05, 4.69) is 36.9 Å². The van der Waals surface area contributed by atoms with Gasteiger partial charge in [0.05, 0.1) is 5.00 Å². The fraction of sp³-hybridized carbons (Fsp3) is 0.536. The summed E-state index contributed by atoms with van der Waals surface area (Å²) in [5, 5.41) is 29.5. The first-order valence-corrected chi connectivity index (χ1v) is 13.1. The molecule has 1 aliphatic rings. The molecule has 6 heteroatoms. The van der Waals surface area contributed by atoms with Crippen LogP contribution in [0, 0.1) is 34.0 Å². The molecule has 0 aliphatic carbocycles. The van der Waals surface area contributed by atoms with Gasteiger partial charge in [0, 0.05) is 23.5 Å². The second kappa shape index (κ2) is 13.6. The summed E-state index contributed by atoms with van der Waals surface area (Å²) in [7, 11) is 0. The van der Waals surface area contributed by atoms with E-state index in [0.29, 0.717) is 5.57 Å². The molecule has 0 unspecified atom stereocenters. The Kier molecular flexibility index (Phi) is 10.9. The lowest BCUT2D eigenvalue weighted by Gasteiger charge is -2.23. The summed E-state index contributed by atoms with van der Waals surface area (Å²) in [5.41, 5.74) is -0.0303. The average Bonchev–Trinajstić information content (AvgIpc) is 3.39. The fourth-order valence-corrected chi connectivity index (χ4v) is 5.00. The highest BCUT2D eigenvalue weighted by Crippen LogP contribution is 2.40. The molecule has 5 nitrogen and oxygen atoms in total. The van der Waals surface area contributed by atoms with Crippen molar-refractivity contribution in [3.8, 4) is 18.2 Å². The number of nitrogens with zero attached hydrogens (tertiary/aromatic N) is 4. The molecule has 0 fully saturated rings. The normalized spacial score (nSPS) is 14.6. The van der Waals surface area contributed by atoms with Gasteiger partial charge in [-0.25, -0.2) is 0 Å². The molecular formula is C28H36N4OS.